The van der Waals surface area contributed by atoms with E-state index in [1.807, 2.05) is 0 Å². The minimum Gasteiger partial charge on any atom is -0.396 e. The number of carbonyl (C=O) groups is 1. The fourth-order valence-corrected chi connectivity index (χ4v) is 1.67. The van der Waals surface area contributed by atoms with Gasteiger partial charge in [0.2, 0.25) is 0 Å². The van der Waals surface area contributed by atoms with Crippen molar-refractivity contribution < 1.29 is 4.79 Å². The first-order valence-corrected chi connectivity index (χ1v) is 5.38. The summed E-state index contributed by atoms with van der Waals surface area (Å²) in [6.45, 7) is 0. The quantitative estimate of drug-likeness (QED) is 0.658. The molecule has 0 fully saturated rings. The fourth-order valence-electron chi connectivity index (χ4n) is 1.67. The summed E-state index contributed by atoms with van der Waals surface area (Å²) in [6, 6.07) is 3.46. The Morgan fingerprint density at radius 3 is 2.74 bits per heavy atom. The number of primary amides is 1. The SMILES string of the molecule is NC(=O)c1nn(-c2ccc3nccnc3n2)cc1N. The third kappa shape index (κ3) is 1.84. The molecule has 3 aromatic heterocycles. The average Bonchev–Trinajstić information content (AvgIpc) is 2.80. The standard InChI is InChI=1S/C11H9N7O/c12-6-5-18(17-9(6)10(13)19)8-2-1-7-11(16-8)15-4-3-14-7/h1-5H,12H2,(H2,13,19). The number of hydrogen-bond acceptors (Lipinski definition) is 6. The zero-order chi connectivity index (χ0) is 13.4. The molecule has 0 bridgehead atoms. The van der Waals surface area contributed by atoms with Crippen molar-refractivity contribution in [1.29, 1.82) is 0 Å². The molecule has 0 spiro atoms. The largest absolute Gasteiger partial charge is 0.396 e. The van der Waals surface area contributed by atoms with E-state index in [0.717, 1.165) is 0 Å². The molecule has 8 nitrogen and oxygen atoms in total. The molecule has 3 rings (SSSR count). The van der Waals surface area contributed by atoms with Crippen molar-refractivity contribution in [2.24, 2.45) is 5.73 Å². The van der Waals surface area contributed by atoms with Crippen LogP contribution in [-0.4, -0.2) is 30.6 Å². The predicted molar refractivity (Wildman–Crippen MR) is 67.4 cm³/mol. The van der Waals surface area contributed by atoms with Crippen molar-refractivity contribution in [2.75, 3.05) is 5.73 Å². The van der Waals surface area contributed by atoms with Crippen molar-refractivity contribution in [3.05, 3.63) is 36.4 Å². The molecule has 1 amide bonds. The lowest BCUT2D eigenvalue weighted by Gasteiger charge is -2.00. The molecule has 0 saturated carbocycles. The van der Waals surface area contributed by atoms with Crippen LogP contribution < -0.4 is 11.5 Å². The van der Waals surface area contributed by atoms with Crippen LogP contribution >= 0.6 is 0 Å². The van der Waals surface area contributed by atoms with Crippen LogP contribution in [0.5, 0.6) is 0 Å². The fraction of sp³-hybridized carbons (Fsp3) is 0. The van der Waals surface area contributed by atoms with E-state index in [4.69, 9.17) is 11.5 Å². The molecule has 0 saturated heterocycles. The van der Waals surface area contributed by atoms with Crippen molar-refractivity contribution >= 4 is 22.8 Å². The maximum atomic E-state index is 11.1. The number of nitrogen functional groups attached to an aromatic ring is 1. The lowest BCUT2D eigenvalue weighted by Crippen LogP contribution is -2.14. The number of pyridine rings is 1. The monoisotopic (exact) mass is 255 g/mol. The predicted octanol–water partition coefficient (Wildman–Crippen LogP) is -0.108. The van der Waals surface area contributed by atoms with Crippen LogP contribution in [0.15, 0.2) is 30.7 Å². The summed E-state index contributed by atoms with van der Waals surface area (Å²) in [5.41, 5.74) is 12.2. The number of amides is 1. The Morgan fingerprint density at radius 1 is 1.21 bits per heavy atom. The highest BCUT2D eigenvalue weighted by Crippen LogP contribution is 2.14. The minimum atomic E-state index is -0.683. The Bertz CT molecular complexity index is 780. The van der Waals surface area contributed by atoms with Crippen LogP contribution in [0.2, 0.25) is 0 Å². The highest BCUT2D eigenvalue weighted by atomic mass is 16.1. The van der Waals surface area contributed by atoms with Gasteiger partial charge < -0.3 is 11.5 Å². The van der Waals surface area contributed by atoms with Gasteiger partial charge in [-0.25, -0.2) is 14.6 Å². The molecular formula is C11H9N7O. The third-order valence-electron chi connectivity index (χ3n) is 2.53. The third-order valence-corrected chi connectivity index (χ3v) is 2.53. The molecule has 0 atom stereocenters. The summed E-state index contributed by atoms with van der Waals surface area (Å²) >= 11 is 0. The number of nitrogens with zero attached hydrogens (tertiary/aromatic N) is 5. The van der Waals surface area contributed by atoms with Crippen LogP contribution in [0.25, 0.3) is 17.0 Å². The van der Waals surface area contributed by atoms with E-state index in [-0.39, 0.29) is 11.4 Å². The number of hydrogen-bond donors (Lipinski definition) is 2. The van der Waals surface area contributed by atoms with Gasteiger partial charge in [0.05, 0.1) is 11.9 Å². The Kier molecular flexibility index (Phi) is 2.34. The first-order chi connectivity index (χ1) is 9.15. The number of fused-ring (bicyclic) bond motifs is 1. The second-order valence-corrected chi connectivity index (χ2v) is 3.81. The average molecular weight is 255 g/mol. The lowest BCUT2D eigenvalue weighted by atomic mass is 10.4. The summed E-state index contributed by atoms with van der Waals surface area (Å²) in [5.74, 6) is -0.205. The highest BCUT2D eigenvalue weighted by molar-refractivity contribution is 5.95. The van der Waals surface area contributed by atoms with Gasteiger partial charge in [0.25, 0.3) is 5.91 Å². The number of rotatable bonds is 2. The number of carbonyl (C=O) groups excluding carboxylic acids is 1. The Labute approximate surface area is 107 Å². The van der Waals surface area contributed by atoms with Gasteiger partial charge in [-0.05, 0) is 12.1 Å². The van der Waals surface area contributed by atoms with Crippen LogP contribution in [0.3, 0.4) is 0 Å². The van der Waals surface area contributed by atoms with Crippen LogP contribution in [0, 0.1) is 0 Å². The van der Waals surface area contributed by atoms with E-state index in [1.165, 1.54) is 10.9 Å². The van der Waals surface area contributed by atoms with E-state index in [9.17, 15) is 4.79 Å². The van der Waals surface area contributed by atoms with Gasteiger partial charge in [0.15, 0.2) is 17.2 Å². The summed E-state index contributed by atoms with van der Waals surface area (Å²) in [6.07, 6.45) is 4.61. The van der Waals surface area contributed by atoms with Crippen molar-refractivity contribution in [3.8, 4) is 5.82 Å². The molecule has 0 radical (unpaired) electrons. The molecule has 8 heteroatoms. The normalized spacial score (nSPS) is 10.7. The van der Waals surface area contributed by atoms with Gasteiger partial charge in [0.1, 0.15) is 5.52 Å². The van der Waals surface area contributed by atoms with E-state index in [0.29, 0.717) is 17.0 Å². The first-order valence-electron chi connectivity index (χ1n) is 5.38. The van der Waals surface area contributed by atoms with E-state index in [1.54, 1.807) is 24.5 Å². The molecule has 3 aromatic rings. The number of nitrogens with two attached hydrogens (primary N) is 2. The molecule has 0 aromatic carbocycles. The smallest absolute Gasteiger partial charge is 0.271 e. The van der Waals surface area contributed by atoms with Crippen molar-refractivity contribution in [3.63, 3.8) is 0 Å². The van der Waals surface area contributed by atoms with Crippen LogP contribution in [0.4, 0.5) is 5.69 Å². The molecule has 4 N–H and O–H groups in total. The second-order valence-electron chi connectivity index (χ2n) is 3.81. The van der Waals surface area contributed by atoms with Gasteiger partial charge in [-0.1, -0.05) is 0 Å². The second kappa shape index (κ2) is 4.02. The summed E-state index contributed by atoms with van der Waals surface area (Å²) in [4.78, 5) is 23.6. The van der Waals surface area contributed by atoms with Gasteiger partial charge in [0, 0.05) is 12.4 Å². The van der Waals surface area contributed by atoms with Gasteiger partial charge in [-0.2, -0.15) is 5.10 Å². The lowest BCUT2D eigenvalue weighted by molar-refractivity contribution is 0.0996. The maximum Gasteiger partial charge on any atom is 0.271 e. The highest BCUT2D eigenvalue weighted by Gasteiger charge is 2.13. The number of anilines is 1. The van der Waals surface area contributed by atoms with Crippen molar-refractivity contribution in [1.82, 2.24) is 24.7 Å². The Morgan fingerprint density at radius 2 is 2.00 bits per heavy atom. The number of aromatic nitrogens is 5. The maximum absolute atomic E-state index is 11.1. The molecule has 19 heavy (non-hydrogen) atoms. The van der Waals surface area contributed by atoms with E-state index < -0.39 is 5.91 Å². The zero-order valence-corrected chi connectivity index (χ0v) is 9.69. The summed E-state index contributed by atoms with van der Waals surface area (Å²) in [5, 5.41) is 3.99. The van der Waals surface area contributed by atoms with Gasteiger partial charge >= 0.3 is 0 Å². The Balaban J connectivity index is 2.13. The first kappa shape index (κ1) is 11.1. The molecule has 0 aliphatic carbocycles. The molecular weight excluding hydrogens is 246 g/mol. The molecule has 3 heterocycles. The van der Waals surface area contributed by atoms with Crippen LogP contribution in [-0.2, 0) is 0 Å². The van der Waals surface area contributed by atoms with Gasteiger partial charge in [-0.3, -0.25) is 9.78 Å². The van der Waals surface area contributed by atoms with E-state index >= 15 is 0 Å². The van der Waals surface area contributed by atoms with Crippen molar-refractivity contribution in [2.45, 2.75) is 0 Å². The van der Waals surface area contributed by atoms with Gasteiger partial charge in [-0.15, -0.1) is 0 Å². The molecule has 94 valence electrons. The Hall–Kier alpha value is -3.03. The molecule has 0 aliphatic heterocycles. The summed E-state index contributed by atoms with van der Waals surface area (Å²) in [7, 11) is 0. The zero-order valence-electron chi connectivity index (χ0n) is 9.69. The minimum absolute atomic E-state index is 0.0149. The topological polar surface area (TPSA) is 126 Å². The molecule has 0 unspecified atom stereocenters. The van der Waals surface area contributed by atoms with E-state index in [2.05, 4.69) is 20.1 Å². The summed E-state index contributed by atoms with van der Waals surface area (Å²) < 4.78 is 1.38. The molecule has 0 aliphatic rings. The van der Waals surface area contributed by atoms with Crippen LogP contribution in [0.1, 0.15) is 10.5 Å².